The first-order chi connectivity index (χ1) is 9.63. The molecule has 106 valence electrons. The largest absolute Gasteiger partial charge is 0.319 e. The fraction of sp³-hybridized carbons (Fsp3) is 0.333. The van der Waals surface area contributed by atoms with Gasteiger partial charge in [-0.3, -0.25) is 0 Å². The van der Waals surface area contributed by atoms with Crippen molar-refractivity contribution >= 4 is 15.9 Å². The van der Waals surface area contributed by atoms with Gasteiger partial charge in [0.25, 0.3) is 0 Å². The van der Waals surface area contributed by atoms with E-state index in [0.29, 0.717) is 5.92 Å². The molecular weight excluding hydrogens is 310 g/mol. The SMILES string of the molecule is CNCC(Cc1c(C)cccc1C)c1ccccc1Br. The molecule has 0 radical (unpaired) electrons. The van der Waals surface area contributed by atoms with Crippen molar-refractivity contribution in [3.8, 4) is 0 Å². The summed E-state index contributed by atoms with van der Waals surface area (Å²) in [4.78, 5) is 0. The second-order valence-electron chi connectivity index (χ2n) is 5.35. The Morgan fingerprint density at radius 1 is 1.00 bits per heavy atom. The predicted molar refractivity (Wildman–Crippen MR) is 90.4 cm³/mol. The highest BCUT2D eigenvalue weighted by molar-refractivity contribution is 9.10. The molecule has 0 fully saturated rings. The molecule has 1 unspecified atom stereocenters. The lowest BCUT2D eigenvalue weighted by Crippen LogP contribution is -2.20. The molecule has 20 heavy (non-hydrogen) atoms. The molecular formula is C18H22BrN. The van der Waals surface area contributed by atoms with Crippen molar-refractivity contribution in [3.05, 3.63) is 69.2 Å². The molecule has 1 atom stereocenters. The summed E-state index contributed by atoms with van der Waals surface area (Å²) < 4.78 is 1.20. The van der Waals surface area contributed by atoms with Gasteiger partial charge >= 0.3 is 0 Å². The lowest BCUT2D eigenvalue weighted by atomic mass is 9.88. The third-order valence-corrected chi connectivity index (χ3v) is 4.61. The van der Waals surface area contributed by atoms with Gasteiger partial charge in [0.15, 0.2) is 0 Å². The molecule has 0 heterocycles. The first-order valence-corrected chi connectivity index (χ1v) is 7.87. The van der Waals surface area contributed by atoms with Crippen LogP contribution in [0.2, 0.25) is 0 Å². The lowest BCUT2D eigenvalue weighted by Gasteiger charge is -2.21. The summed E-state index contributed by atoms with van der Waals surface area (Å²) in [6.07, 6.45) is 1.07. The van der Waals surface area contributed by atoms with E-state index in [0.717, 1.165) is 13.0 Å². The summed E-state index contributed by atoms with van der Waals surface area (Å²) >= 11 is 3.69. The van der Waals surface area contributed by atoms with Crippen molar-refractivity contribution in [2.24, 2.45) is 0 Å². The number of hydrogen-bond donors (Lipinski definition) is 1. The molecule has 0 saturated carbocycles. The van der Waals surface area contributed by atoms with Crippen LogP contribution in [-0.4, -0.2) is 13.6 Å². The van der Waals surface area contributed by atoms with Crippen LogP contribution in [0.1, 0.15) is 28.2 Å². The van der Waals surface area contributed by atoms with Crippen LogP contribution >= 0.6 is 15.9 Å². The van der Waals surface area contributed by atoms with Gasteiger partial charge in [-0.15, -0.1) is 0 Å². The Labute approximate surface area is 130 Å². The second-order valence-corrected chi connectivity index (χ2v) is 6.20. The fourth-order valence-corrected chi connectivity index (χ4v) is 3.37. The van der Waals surface area contributed by atoms with Gasteiger partial charge < -0.3 is 5.32 Å². The Morgan fingerprint density at radius 3 is 2.25 bits per heavy atom. The zero-order valence-corrected chi connectivity index (χ0v) is 14.0. The highest BCUT2D eigenvalue weighted by Gasteiger charge is 2.16. The summed E-state index contributed by atoms with van der Waals surface area (Å²) in [7, 11) is 2.02. The maximum atomic E-state index is 3.69. The standard InChI is InChI=1S/C18H22BrN/c1-13-7-6-8-14(2)17(13)11-15(12-20-3)16-9-4-5-10-18(16)19/h4-10,15,20H,11-12H2,1-3H3. The van der Waals surface area contributed by atoms with E-state index in [9.17, 15) is 0 Å². The molecule has 0 aromatic heterocycles. The smallest absolute Gasteiger partial charge is 0.0210 e. The molecule has 2 aromatic rings. The Hall–Kier alpha value is -1.12. The van der Waals surface area contributed by atoms with E-state index in [1.165, 1.54) is 26.7 Å². The summed E-state index contributed by atoms with van der Waals surface area (Å²) in [5.41, 5.74) is 5.63. The molecule has 2 heteroatoms. The van der Waals surface area contributed by atoms with Gasteiger partial charge in [0.2, 0.25) is 0 Å². The Bertz CT molecular complexity index is 557. The van der Waals surface area contributed by atoms with Crippen LogP contribution in [0.25, 0.3) is 0 Å². The van der Waals surface area contributed by atoms with Gasteiger partial charge in [0.1, 0.15) is 0 Å². The van der Waals surface area contributed by atoms with Crippen LogP contribution in [0.5, 0.6) is 0 Å². The van der Waals surface area contributed by atoms with E-state index in [2.05, 4.69) is 77.6 Å². The zero-order chi connectivity index (χ0) is 14.5. The van der Waals surface area contributed by atoms with Gasteiger partial charge in [0, 0.05) is 16.9 Å². The highest BCUT2D eigenvalue weighted by Crippen LogP contribution is 2.29. The van der Waals surface area contributed by atoms with Gasteiger partial charge in [-0.25, -0.2) is 0 Å². The monoisotopic (exact) mass is 331 g/mol. The molecule has 1 N–H and O–H groups in total. The van der Waals surface area contributed by atoms with Crippen molar-refractivity contribution in [3.63, 3.8) is 0 Å². The van der Waals surface area contributed by atoms with Crippen LogP contribution in [0, 0.1) is 13.8 Å². The Morgan fingerprint density at radius 2 is 1.65 bits per heavy atom. The Balaban J connectivity index is 2.33. The number of aryl methyl sites for hydroxylation is 2. The summed E-state index contributed by atoms with van der Waals surface area (Å²) in [5.74, 6) is 0.482. The summed E-state index contributed by atoms with van der Waals surface area (Å²) in [6, 6.07) is 15.1. The zero-order valence-electron chi connectivity index (χ0n) is 12.4. The normalized spacial score (nSPS) is 12.4. The quantitative estimate of drug-likeness (QED) is 0.843. The number of benzene rings is 2. The Kier molecular flexibility index (Phi) is 5.38. The number of nitrogens with one attached hydrogen (secondary N) is 1. The van der Waals surface area contributed by atoms with Crippen LogP contribution < -0.4 is 5.32 Å². The number of likely N-dealkylation sites (N-methyl/N-ethyl adjacent to an activating group) is 1. The first kappa shape index (κ1) is 15.3. The average Bonchev–Trinajstić information content (AvgIpc) is 2.43. The second kappa shape index (κ2) is 7.05. The van der Waals surface area contributed by atoms with Gasteiger partial charge in [0.05, 0.1) is 0 Å². The van der Waals surface area contributed by atoms with Crippen LogP contribution in [-0.2, 0) is 6.42 Å². The maximum absolute atomic E-state index is 3.69. The van der Waals surface area contributed by atoms with Crippen molar-refractivity contribution in [1.82, 2.24) is 5.32 Å². The molecule has 2 aromatic carbocycles. The molecule has 0 saturated heterocycles. The number of rotatable bonds is 5. The van der Waals surface area contributed by atoms with Crippen molar-refractivity contribution in [2.75, 3.05) is 13.6 Å². The summed E-state index contributed by atoms with van der Waals surface area (Å²) in [6.45, 7) is 5.40. The summed E-state index contributed by atoms with van der Waals surface area (Å²) in [5, 5.41) is 3.33. The van der Waals surface area contributed by atoms with E-state index < -0.39 is 0 Å². The molecule has 1 nitrogen and oxygen atoms in total. The number of hydrogen-bond acceptors (Lipinski definition) is 1. The van der Waals surface area contributed by atoms with E-state index in [1.807, 2.05) is 7.05 Å². The van der Waals surface area contributed by atoms with Crippen molar-refractivity contribution in [2.45, 2.75) is 26.2 Å². The number of halogens is 1. The lowest BCUT2D eigenvalue weighted by molar-refractivity contribution is 0.621. The topological polar surface area (TPSA) is 12.0 Å². The van der Waals surface area contributed by atoms with E-state index in [1.54, 1.807) is 0 Å². The molecule has 2 rings (SSSR count). The predicted octanol–water partition coefficient (Wildman–Crippen LogP) is 4.61. The molecule has 0 aliphatic carbocycles. The molecule has 0 aliphatic rings. The molecule has 0 bridgehead atoms. The van der Waals surface area contributed by atoms with E-state index >= 15 is 0 Å². The maximum Gasteiger partial charge on any atom is 0.0210 e. The van der Waals surface area contributed by atoms with Crippen molar-refractivity contribution in [1.29, 1.82) is 0 Å². The third-order valence-electron chi connectivity index (χ3n) is 3.89. The molecule has 0 amide bonds. The van der Waals surface area contributed by atoms with E-state index in [4.69, 9.17) is 0 Å². The minimum Gasteiger partial charge on any atom is -0.319 e. The van der Waals surface area contributed by atoms with Crippen molar-refractivity contribution < 1.29 is 0 Å². The minimum absolute atomic E-state index is 0.482. The third kappa shape index (κ3) is 3.50. The van der Waals surface area contributed by atoms with Gasteiger partial charge in [-0.1, -0.05) is 52.3 Å². The van der Waals surface area contributed by atoms with Gasteiger partial charge in [-0.2, -0.15) is 0 Å². The fourth-order valence-electron chi connectivity index (χ4n) is 2.76. The first-order valence-electron chi connectivity index (χ1n) is 7.07. The van der Waals surface area contributed by atoms with Crippen LogP contribution in [0.15, 0.2) is 46.9 Å². The average molecular weight is 332 g/mol. The van der Waals surface area contributed by atoms with E-state index in [-0.39, 0.29) is 0 Å². The van der Waals surface area contributed by atoms with Crippen LogP contribution in [0.4, 0.5) is 0 Å². The molecule has 0 spiro atoms. The van der Waals surface area contributed by atoms with Crippen LogP contribution in [0.3, 0.4) is 0 Å². The molecule has 0 aliphatic heterocycles. The van der Waals surface area contributed by atoms with Gasteiger partial charge in [-0.05, 0) is 55.6 Å². The highest BCUT2D eigenvalue weighted by atomic mass is 79.9. The minimum atomic E-state index is 0.482.